The van der Waals surface area contributed by atoms with Gasteiger partial charge in [-0.05, 0) is 44.0 Å². The molecule has 3 aliphatic heterocycles. The summed E-state index contributed by atoms with van der Waals surface area (Å²) in [6.07, 6.45) is 5.69. The van der Waals surface area contributed by atoms with Crippen LogP contribution in [0.5, 0.6) is 11.5 Å². The average molecular weight is 409 g/mol. The summed E-state index contributed by atoms with van der Waals surface area (Å²) in [6.45, 7) is 8.16. The lowest BCUT2D eigenvalue weighted by Crippen LogP contribution is -2.32. The maximum absolute atomic E-state index is 11.2. The zero-order valence-electron chi connectivity index (χ0n) is 17.4. The molecule has 2 saturated heterocycles. The monoisotopic (exact) mass is 409 g/mol. The molecule has 0 radical (unpaired) electrons. The minimum Gasteiger partial charge on any atom is -0.454 e. The molecule has 1 N–H and O–H groups in total. The van der Waals surface area contributed by atoms with Crippen molar-refractivity contribution in [1.82, 2.24) is 14.9 Å². The van der Waals surface area contributed by atoms with E-state index >= 15 is 0 Å². The van der Waals surface area contributed by atoms with Gasteiger partial charge in [0.1, 0.15) is 0 Å². The molecule has 158 valence electrons. The molecule has 8 heteroatoms. The Labute approximate surface area is 176 Å². The van der Waals surface area contributed by atoms with E-state index in [0.717, 1.165) is 50.0 Å². The number of carbonyl (C=O) groups excluding carboxylic acids is 1. The Morgan fingerprint density at radius 1 is 1.13 bits per heavy atom. The molecule has 4 heterocycles. The third kappa shape index (κ3) is 3.56. The molecule has 1 aromatic carbocycles. The van der Waals surface area contributed by atoms with E-state index in [1.807, 2.05) is 6.07 Å². The number of benzene rings is 1. The smallest absolute Gasteiger partial charge is 0.231 e. The highest BCUT2D eigenvalue weighted by Crippen LogP contribution is 2.44. The van der Waals surface area contributed by atoms with E-state index in [2.05, 4.69) is 44.1 Å². The van der Waals surface area contributed by atoms with Gasteiger partial charge in [-0.2, -0.15) is 0 Å². The molecule has 30 heavy (non-hydrogen) atoms. The van der Waals surface area contributed by atoms with Crippen molar-refractivity contribution in [3.63, 3.8) is 0 Å². The van der Waals surface area contributed by atoms with Crippen LogP contribution in [-0.4, -0.2) is 53.7 Å². The molecule has 0 aliphatic carbocycles. The highest BCUT2D eigenvalue weighted by molar-refractivity contribution is 5.88. The van der Waals surface area contributed by atoms with Crippen molar-refractivity contribution in [2.24, 2.45) is 5.41 Å². The second-order valence-electron chi connectivity index (χ2n) is 8.63. The van der Waals surface area contributed by atoms with Crippen molar-refractivity contribution < 1.29 is 14.3 Å². The Kier molecular flexibility index (Phi) is 4.73. The van der Waals surface area contributed by atoms with Crippen molar-refractivity contribution in [3.8, 4) is 11.5 Å². The van der Waals surface area contributed by atoms with Gasteiger partial charge in [0.15, 0.2) is 11.5 Å². The fraction of sp³-hybridized carbons (Fsp3) is 0.500. The zero-order chi connectivity index (χ0) is 20.7. The van der Waals surface area contributed by atoms with Gasteiger partial charge in [-0.25, -0.2) is 9.97 Å². The lowest BCUT2D eigenvalue weighted by molar-refractivity contribution is -0.114. The van der Waals surface area contributed by atoms with Crippen molar-refractivity contribution >= 4 is 17.5 Å². The predicted molar refractivity (Wildman–Crippen MR) is 113 cm³/mol. The molecule has 1 aromatic heterocycles. The van der Waals surface area contributed by atoms with Crippen LogP contribution < -0.4 is 19.7 Å². The Morgan fingerprint density at radius 2 is 1.90 bits per heavy atom. The fourth-order valence-electron chi connectivity index (χ4n) is 4.88. The normalized spacial score (nSPS) is 23.9. The minimum absolute atomic E-state index is 0.117. The SMILES string of the molecule is CC(=O)Nc1cnc(N2CCC3(CCN(C(C)c4ccc5c(c4)OCO5)C3)C2)nc1. The fourth-order valence-corrected chi connectivity index (χ4v) is 4.88. The van der Waals surface area contributed by atoms with Crippen LogP contribution in [0.1, 0.15) is 38.3 Å². The lowest BCUT2D eigenvalue weighted by atomic mass is 9.86. The molecular formula is C22H27N5O3. The van der Waals surface area contributed by atoms with Crippen LogP contribution >= 0.6 is 0 Å². The Balaban J connectivity index is 1.23. The second kappa shape index (κ2) is 7.43. The maximum Gasteiger partial charge on any atom is 0.231 e. The summed E-state index contributed by atoms with van der Waals surface area (Å²) in [6, 6.07) is 6.61. The number of fused-ring (bicyclic) bond motifs is 1. The van der Waals surface area contributed by atoms with Gasteiger partial charge in [0.25, 0.3) is 0 Å². The summed E-state index contributed by atoms with van der Waals surface area (Å²) >= 11 is 0. The first-order valence-electron chi connectivity index (χ1n) is 10.5. The summed E-state index contributed by atoms with van der Waals surface area (Å²) in [4.78, 5) is 24.9. The van der Waals surface area contributed by atoms with Crippen molar-refractivity contribution in [3.05, 3.63) is 36.2 Å². The molecule has 2 unspecified atom stereocenters. The summed E-state index contributed by atoms with van der Waals surface area (Å²) in [7, 11) is 0. The Morgan fingerprint density at radius 3 is 2.70 bits per heavy atom. The zero-order valence-corrected chi connectivity index (χ0v) is 17.4. The van der Waals surface area contributed by atoms with E-state index in [0.29, 0.717) is 18.5 Å². The molecule has 1 spiro atoms. The molecule has 0 bridgehead atoms. The summed E-state index contributed by atoms with van der Waals surface area (Å²) in [5, 5.41) is 2.71. The first-order valence-corrected chi connectivity index (χ1v) is 10.5. The van der Waals surface area contributed by atoms with E-state index < -0.39 is 0 Å². The first-order chi connectivity index (χ1) is 14.5. The number of nitrogens with zero attached hydrogens (tertiary/aromatic N) is 4. The lowest BCUT2D eigenvalue weighted by Gasteiger charge is -2.28. The summed E-state index contributed by atoms with van der Waals surface area (Å²) < 4.78 is 11.0. The topological polar surface area (TPSA) is 79.8 Å². The van der Waals surface area contributed by atoms with Gasteiger partial charge in [-0.3, -0.25) is 9.69 Å². The van der Waals surface area contributed by atoms with Crippen LogP contribution in [-0.2, 0) is 4.79 Å². The molecule has 2 aromatic rings. The van der Waals surface area contributed by atoms with Gasteiger partial charge in [-0.1, -0.05) is 6.07 Å². The number of hydrogen-bond acceptors (Lipinski definition) is 7. The van der Waals surface area contributed by atoms with E-state index in [4.69, 9.17) is 9.47 Å². The molecule has 1 amide bonds. The van der Waals surface area contributed by atoms with Gasteiger partial charge in [-0.15, -0.1) is 0 Å². The third-order valence-corrected chi connectivity index (χ3v) is 6.57. The molecule has 5 rings (SSSR count). The largest absolute Gasteiger partial charge is 0.454 e. The van der Waals surface area contributed by atoms with Gasteiger partial charge >= 0.3 is 0 Å². The minimum atomic E-state index is -0.117. The molecular weight excluding hydrogens is 382 g/mol. The van der Waals surface area contributed by atoms with Crippen LogP contribution in [0.4, 0.5) is 11.6 Å². The quantitative estimate of drug-likeness (QED) is 0.832. The Bertz CT molecular complexity index is 950. The molecule has 3 aliphatic rings. The van der Waals surface area contributed by atoms with E-state index in [1.54, 1.807) is 12.4 Å². The van der Waals surface area contributed by atoms with Crippen LogP contribution in [0.3, 0.4) is 0 Å². The number of carbonyl (C=O) groups is 1. The molecule has 2 fully saturated rings. The van der Waals surface area contributed by atoms with Gasteiger partial charge in [0.2, 0.25) is 18.6 Å². The number of amides is 1. The van der Waals surface area contributed by atoms with Crippen molar-refractivity contribution in [2.75, 3.05) is 43.2 Å². The third-order valence-electron chi connectivity index (χ3n) is 6.57. The highest BCUT2D eigenvalue weighted by atomic mass is 16.7. The van der Waals surface area contributed by atoms with E-state index in [-0.39, 0.29) is 11.3 Å². The van der Waals surface area contributed by atoms with Crippen LogP contribution in [0.15, 0.2) is 30.6 Å². The molecule has 0 saturated carbocycles. The first kappa shape index (κ1) is 19.1. The number of ether oxygens (including phenoxy) is 2. The number of rotatable bonds is 4. The van der Waals surface area contributed by atoms with Gasteiger partial charge in [0, 0.05) is 38.0 Å². The standard InChI is InChI=1S/C22H27N5O3/c1-15(17-3-4-19-20(9-17)30-14-29-19)26-7-5-22(12-26)6-8-27(13-22)21-23-10-18(11-24-21)25-16(2)28/h3-4,9-11,15H,5-8,12-14H2,1-2H3,(H,25,28). The summed E-state index contributed by atoms with van der Waals surface area (Å²) in [5.74, 6) is 2.30. The van der Waals surface area contributed by atoms with Crippen LogP contribution in [0.25, 0.3) is 0 Å². The molecule has 2 atom stereocenters. The average Bonchev–Trinajstić information content (AvgIpc) is 3.47. The molecule has 8 nitrogen and oxygen atoms in total. The maximum atomic E-state index is 11.2. The Hall–Kier alpha value is -2.87. The van der Waals surface area contributed by atoms with Gasteiger partial charge < -0.3 is 19.7 Å². The highest BCUT2D eigenvalue weighted by Gasteiger charge is 2.45. The summed E-state index contributed by atoms with van der Waals surface area (Å²) in [5.41, 5.74) is 2.18. The number of aromatic nitrogens is 2. The second-order valence-corrected chi connectivity index (χ2v) is 8.63. The number of likely N-dealkylation sites (tertiary alicyclic amines) is 1. The van der Waals surface area contributed by atoms with Crippen molar-refractivity contribution in [2.45, 2.75) is 32.7 Å². The van der Waals surface area contributed by atoms with Crippen LogP contribution in [0, 0.1) is 5.41 Å². The van der Waals surface area contributed by atoms with E-state index in [9.17, 15) is 4.79 Å². The van der Waals surface area contributed by atoms with Gasteiger partial charge in [0.05, 0.1) is 18.1 Å². The number of anilines is 2. The predicted octanol–water partition coefficient (Wildman–Crippen LogP) is 2.83. The van der Waals surface area contributed by atoms with Crippen molar-refractivity contribution in [1.29, 1.82) is 0 Å². The van der Waals surface area contributed by atoms with E-state index in [1.165, 1.54) is 18.9 Å². The number of hydrogen-bond donors (Lipinski definition) is 1. The van der Waals surface area contributed by atoms with Crippen LogP contribution in [0.2, 0.25) is 0 Å². The number of nitrogens with one attached hydrogen (secondary N) is 1.